The van der Waals surface area contributed by atoms with Gasteiger partial charge in [-0.15, -0.1) is 0 Å². The number of carbonyl (C=O) groups is 1. The normalized spacial score (nSPS) is 9.88. The molecule has 1 heterocycles. The van der Waals surface area contributed by atoms with Gasteiger partial charge in [-0.3, -0.25) is 4.79 Å². The third kappa shape index (κ3) is 3.76. The molecule has 0 fully saturated rings. The average Bonchev–Trinajstić information content (AvgIpc) is 2.26. The van der Waals surface area contributed by atoms with E-state index in [-0.39, 0.29) is 5.97 Å². The van der Waals surface area contributed by atoms with E-state index < -0.39 is 0 Å². The first-order valence-corrected chi connectivity index (χ1v) is 5.21. The number of rotatable bonds is 5. The Balaban J connectivity index is 2.46. The van der Waals surface area contributed by atoms with Crippen LogP contribution >= 0.6 is 0 Å². The summed E-state index contributed by atoms with van der Waals surface area (Å²) in [7, 11) is 1.86. The molecule has 0 saturated carbocycles. The third-order valence-electron chi connectivity index (χ3n) is 2.12. The number of hydrogen-bond acceptors (Lipinski definition) is 5. The Labute approximate surface area is 95.2 Å². The Morgan fingerprint density at radius 3 is 3.00 bits per heavy atom. The molecule has 0 aromatic carbocycles. The molecular weight excluding hydrogens is 206 g/mol. The SMILES string of the molecule is CCOC(=O)CCN(C)c1cc(N)ccn1. The number of hydrogen-bond donors (Lipinski definition) is 1. The fourth-order valence-corrected chi connectivity index (χ4v) is 1.25. The first kappa shape index (κ1) is 12.3. The van der Waals surface area contributed by atoms with Crippen LogP contribution in [0, 0.1) is 0 Å². The van der Waals surface area contributed by atoms with E-state index in [2.05, 4.69) is 4.98 Å². The van der Waals surface area contributed by atoms with Gasteiger partial charge in [0, 0.05) is 31.5 Å². The van der Waals surface area contributed by atoms with E-state index in [1.807, 2.05) is 11.9 Å². The summed E-state index contributed by atoms with van der Waals surface area (Å²) in [5.74, 6) is 0.558. The fraction of sp³-hybridized carbons (Fsp3) is 0.455. The molecule has 0 aliphatic carbocycles. The van der Waals surface area contributed by atoms with Gasteiger partial charge in [-0.25, -0.2) is 4.98 Å². The van der Waals surface area contributed by atoms with E-state index in [0.717, 1.165) is 5.82 Å². The predicted octanol–water partition coefficient (Wildman–Crippen LogP) is 1.05. The molecule has 16 heavy (non-hydrogen) atoms. The van der Waals surface area contributed by atoms with Gasteiger partial charge in [-0.1, -0.05) is 0 Å². The first-order valence-electron chi connectivity index (χ1n) is 5.21. The van der Waals surface area contributed by atoms with Crippen LogP contribution in [0.5, 0.6) is 0 Å². The highest BCUT2D eigenvalue weighted by Crippen LogP contribution is 2.12. The van der Waals surface area contributed by atoms with E-state index in [4.69, 9.17) is 10.5 Å². The topological polar surface area (TPSA) is 68.5 Å². The maximum absolute atomic E-state index is 11.2. The lowest BCUT2D eigenvalue weighted by molar-refractivity contribution is -0.142. The minimum atomic E-state index is -0.196. The van der Waals surface area contributed by atoms with Crippen LogP contribution in [0.1, 0.15) is 13.3 Å². The van der Waals surface area contributed by atoms with E-state index in [0.29, 0.717) is 25.3 Å². The van der Waals surface area contributed by atoms with Gasteiger partial charge in [0.15, 0.2) is 0 Å². The lowest BCUT2D eigenvalue weighted by Crippen LogP contribution is -2.22. The van der Waals surface area contributed by atoms with Crippen molar-refractivity contribution in [3.63, 3.8) is 0 Å². The van der Waals surface area contributed by atoms with Gasteiger partial charge in [-0.05, 0) is 13.0 Å². The molecular formula is C11H17N3O2. The minimum Gasteiger partial charge on any atom is -0.466 e. The molecule has 0 radical (unpaired) electrons. The number of esters is 1. The number of nitrogens with two attached hydrogens (primary N) is 1. The Hall–Kier alpha value is -1.78. The smallest absolute Gasteiger partial charge is 0.307 e. The van der Waals surface area contributed by atoms with Crippen molar-refractivity contribution in [2.24, 2.45) is 0 Å². The summed E-state index contributed by atoms with van der Waals surface area (Å²) in [6, 6.07) is 3.49. The lowest BCUT2D eigenvalue weighted by Gasteiger charge is -2.17. The third-order valence-corrected chi connectivity index (χ3v) is 2.12. The molecule has 0 unspecified atom stereocenters. The highest BCUT2D eigenvalue weighted by atomic mass is 16.5. The molecule has 5 nitrogen and oxygen atoms in total. The Morgan fingerprint density at radius 1 is 1.62 bits per heavy atom. The van der Waals surface area contributed by atoms with Gasteiger partial charge < -0.3 is 15.4 Å². The summed E-state index contributed by atoms with van der Waals surface area (Å²) in [5.41, 5.74) is 6.30. The van der Waals surface area contributed by atoms with Gasteiger partial charge in [0.25, 0.3) is 0 Å². The van der Waals surface area contributed by atoms with Crippen LogP contribution in [-0.4, -0.2) is 31.2 Å². The highest BCUT2D eigenvalue weighted by Gasteiger charge is 2.06. The Morgan fingerprint density at radius 2 is 2.38 bits per heavy atom. The highest BCUT2D eigenvalue weighted by molar-refractivity contribution is 5.70. The molecule has 0 spiro atoms. The number of anilines is 2. The molecule has 1 rings (SSSR count). The van der Waals surface area contributed by atoms with E-state index >= 15 is 0 Å². The van der Waals surface area contributed by atoms with Crippen LogP contribution < -0.4 is 10.6 Å². The number of nitrogen functional groups attached to an aromatic ring is 1. The molecule has 1 aromatic rings. The summed E-state index contributed by atoms with van der Waals surface area (Å²) < 4.78 is 4.84. The number of pyridine rings is 1. The Bertz CT molecular complexity index is 355. The number of carbonyl (C=O) groups excluding carboxylic acids is 1. The van der Waals surface area contributed by atoms with Crippen molar-refractivity contribution >= 4 is 17.5 Å². The lowest BCUT2D eigenvalue weighted by atomic mass is 10.3. The molecule has 0 atom stereocenters. The van der Waals surface area contributed by atoms with Crippen molar-refractivity contribution in [1.29, 1.82) is 0 Å². The Kier molecular flexibility index (Phi) is 4.57. The number of ether oxygens (including phenoxy) is 1. The second kappa shape index (κ2) is 5.95. The van der Waals surface area contributed by atoms with Gasteiger partial charge >= 0.3 is 5.97 Å². The van der Waals surface area contributed by atoms with Gasteiger partial charge in [-0.2, -0.15) is 0 Å². The van der Waals surface area contributed by atoms with Crippen molar-refractivity contribution < 1.29 is 9.53 Å². The van der Waals surface area contributed by atoms with Crippen LogP contribution in [0.3, 0.4) is 0 Å². The molecule has 0 saturated heterocycles. The van der Waals surface area contributed by atoms with Crippen LogP contribution in [0.15, 0.2) is 18.3 Å². The zero-order valence-electron chi connectivity index (χ0n) is 9.64. The van der Waals surface area contributed by atoms with Crippen LogP contribution in [0.25, 0.3) is 0 Å². The summed E-state index contributed by atoms with van der Waals surface area (Å²) in [6.45, 7) is 2.77. The molecule has 5 heteroatoms. The second-order valence-corrected chi connectivity index (χ2v) is 3.42. The molecule has 0 aliphatic rings. The van der Waals surface area contributed by atoms with E-state index in [1.54, 1.807) is 25.3 Å². The van der Waals surface area contributed by atoms with Crippen molar-refractivity contribution in [3.05, 3.63) is 18.3 Å². The van der Waals surface area contributed by atoms with E-state index in [9.17, 15) is 4.79 Å². The predicted molar refractivity (Wildman–Crippen MR) is 63.2 cm³/mol. The monoisotopic (exact) mass is 223 g/mol. The molecule has 0 amide bonds. The maximum atomic E-state index is 11.2. The van der Waals surface area contributed by atoms with Gasteiger partial charge in [0.2, 0.25) is 0 Å². The molecule has 2 N–H and O–H groups in total. The van der Waals surface area contributed by atoms with Gasteiger partial charge in [0.05, 0.1) is 13.0 Å². The standard InChI is InChI=1S/C11H17N3O2/c1-3-16-11(15)5-7-14(2)10-8-9(12)4-6-13-10/h4,6,8H,3,5,7H2,1-2H3,(H2,12,13). The minimum absolute atomic E-state index is 0.196. The summed E-state index contributed by atoms with van der Waals surface area (Å²) in [5, 5.41) is 0. The second-order valence-electron chi connectivity index (χ2n) is 3.42. The average molecular weight is 223 g/mol. The molecule has 0 bridgehead atoms. The number of aromatic nitrogens is 1. The van der Waals surface area contributed by atoms with Crippen LogP contribution in [-0.2, 0) is 9.53 Å². The van der Waals surface area contributed by atoms with Crippen LogP contribution in [0.4, 0.5) is 11.5 Å². The van der Waals surface area contributed by atoms with Gasteiger partial charge in [0.1, 0.15) is 5.82 Å². The number of nitrogens with zero attached hydrogens (tertiary/aromatic N) is 2. The van der Waals surface area contributed by atoms with Crippen molar-refractivity contribution in [1.82, 2.24) is 4.98 Å². The maximum Gasteiger partial charge on any atom is 0.307 e. The first-order chi connectivity index (χ1) is 7.63. The largest absolute Gasteiger partial charge is 0.466 e. The fourth-order valence-electron chi connectivity index (χ4n) is 1.25. The molecule has 0 aliphatic heterocycles. The summed E-state index contributed by atoms with van der Waals surface area (Å²) in [6.07, 6.45) is 1.99. The summed E-state index contributed by atoms with van der Waals surface area (Å²) in [4.78, 5) is 17.2. The van der Waals surface area contributed by atoms with Crippen molar-refractivity contribution in [2.45, 2.75) is 13.3 Å². The zero-order valence-corrected chi connectivity index (χ0v) is 9.64. The molecule has 1 aromatic heterocycles. The van der Waals surface area contributed by atoms with Crippen molar-refractivity contribution in [3.8, 4) is 0 Å². The van der Waals surface area contributed by atoms with Crippen LogP contribution in [0.2, 0.25) is 0 Å². The zero-order chi connectivity index (χ0) is 12.0. The quantitative estimate of drug-likeness (QED) is 0.756. The van der Waals surface area contributed by atoms with E-state index in [1.165, 1.54) is 0 Å². The van der Waals surface area contributed by atoms with Crippen molar-refractivity contribution in [2.75, 3.05) is 30.8 Å². The summed E-state index contributed by atoms with van der Waals surface area (Å²) >= 11 is 0. The molecule has 88 valence electrons.